The summed E-state index contributed by atoms with van der Waals surface area (Å²) in [7, 11) is 3.94. The van der Waals surface area contributed by atoms with Crippen LogP contribution < -0.4 is 5.32 Å². The van der Waals surface area contributed by atoms with E-state index in [1.807, 2.05) is 19.2 Å². The largest absolute Gasteiger partial charge is 0.379 e. The molecule has 1 saturated carbocycles. The molecular formula is C22H35ClN4O. The van der Waals surface area contributed by atoms with E-state index in [0.29, 0.717) is 5.92 Å². The van der Waals surface area contributed by atoms with E-state index >= 15 is 0 Å². The van der Waals surface area contributed by atoms with Gasteiger partial charge in [-0.15, -0.1) is 0 Å². The van der Waals surface area contributed by atoms with E-state index in [0.717, 1.165) is 62.8 Å². The molecule has 156 valence electrons. The first-order valence-electron chi connectivity index (χ1n) is 10.6. The number of hydrogen-bond donors (Lipinski definition) is 1. The number of benzene rings is 1. The summed E-state index contributed by atoms with van der Waals surface area (Å²) < 4.78 is 5.75. The third-order valence-electron chi connectivity index (χ3n) is 5.80. The number of aliphatic imine (C=N–C) groups is 1. The van der Waals surface area contributed by atoms with Crippen LogP contribution in [-0.2, 0) is 11.3 Å². The number of nitrogens with zero attached hydrogens (tertiary/aromatic N) is 3. The van der Waals surface area contributed by atoms with E-state index in [2.05, 4.69) is 39.3 Å². The molecule has 1 aliphatic heterocycles. The fourth-order valence-electron chi connectivity index (χ4n) is 3.68. The van der Waals surface area contributed by atoms with Gasteiger partial charge in [-0.1, -0.05) is 29.8 Å². The van der Waals surface area contributed by atoms with Crippen molar-refractivity contribution < 1.29 is 4.74 Å². The van der Waals surface area contributed by atoms with Gasteiger partial charge in [0, 0.05) is 45.4 Å². The van der Waals surface area contributed by atoms with Gasteiger partial charge in [0.1, 0.15) is 0 Å². The monoisotopic (exact) mass is 406 g/mol. The lowest BCUT2D eigenvalue weighted by Crippen LogP contribution is -2.44. The van der Waals surface area contributed by atoms with Crippen LogP contribution in [0.25, 0.3) is 0 Å². The molecule has 5 nitrogen and oxygen atoms in total. The molecule has 6 heteroatoms. The number of guanidine groups is 1. The first kappa shape index (κ1) is 21.4. The molecule has 0 atom stereocenters. The Morgan fingerprint density at radius 3 is 2.64 bits per heavy atom. The second-order valence-corrected chi connectivity index (χ2v) is 8.59. The van der Waals surface area contributed by atoms with Crippen molar-refractivity contribution in [2.75, 3.05) is 53.5 Å². The highest BCUT2D eigenvalue weighted by molar-refractivity contribution is 6.31. The van der Waals surface area contributed by atoms with Gasteiger partial charge in [-0.2, -0.15) is 0 Å². The average molecular weight is 407 g/mol. The predicted octanol–water partition coefficient (Wildman–Crippen LogP) is 3.49. The van der Waals surface area contributed by atoms with Gasteiger partial charge >= 0.3 is 0 Å². The molecule has 1 aromatic carbocycles. The fraction of sp³-hybridized carbons (Fsp3) is 0.682. The SMILES string of the molecule is CN=C(NCC1CCN(Cc2ccccc2Cl)CC1)N(C)CCOCC1CC1. The van der Waals surface area contributed by atoms with Gasteiger partial charge in [0.05, 0.1) is 6.61 Å². The molecule has 1 N–H and O–H groups in total. The normalized spacial score (nSPS) is 19.0. The Balaban J connectivity index is 1.32. The van der Waals surface area contributed by atoms with Gasteiger partial charge in [0.25, 0.3) is 0 Å². The fourth-order valence-corrected chi connectivity index (χ4v) is 3.87. The van der Waals surface area contributed by atoms with Crippen LogP contribution in [-0.4, -0.2) is 69.2 Å². The molecule has 2 aliphatic rings. The van der Waals surface area contributed by atoms with E-state index in [1.54, 1.807) is 0 Å². The van der Waals surface area contributed by atoms with Crippen LogP contribution in [0.15, 0.2) is 29.3 Å². The van der Waals surface area contributed by atoms with Gasteiger partial charge < -0.3 is 15.0 Å². The van der Waals surface area contributed by atoms with Crippen LogP contribution in [0.3, 0.4) is 0 Å². The van der Waals surface area contributed by atoms with E-state index in [1.165, 1.54) is 31.2 Å². The molecule has 28 heavy (non-hydrogen) atoms. The summed E-state index contributed by atoms with van der Waals surface area (Å²) in [6.45, 7) is 6.76. The molecule has 0 unspecified atom stereocenters. The standard InChI is InChI=1S/C22H35ClN4O/c1-24-22(26(2)13-14-28-17-19-7-8-19)25-15-18-9-11-27(12-10-18)16-20-5-3-4-6-21(20)23/h3-6,18-19H,7-17H2,1-2H3,(H,24,25). The lowest BCUT2D eigenvalue weighted by Gasteiger charge is -2.33. The lowest BCUT2D eigenvalue weighted by atomic mass is 9.96. The van der Waals surface area contributed by atoms with E-state index in [-0.39, 0.29) is 0 Å². The van der Waals surface area contributed by atoms with Gasteiger partial charge in [-0.05, 0) is 62.2 Å². The van der Waals surface area contributed by atoms with E-state index < -0.39 is 0 Å². The van der Waals surface area contributed by atoms with Crippen molar-refractivity contribution >= 4 is 17.6 Å². The van der Waals surface area contributed by atoms with Crippen molar-refractivity contribution in [3.8, 4) is 0 Å². The summed E-state index contributed by atoms with van der Waals surface area (Å²) in [6, 6.07) is 8.17. The summed E-state index contributed by atoms with van der Waals surface area (Å²) in [6.07, 6.45) is 5.11. The number of nitrogens with one attached hydrogen (secondary N) is 1. The molecule has 0 bridgehead atoms. The summed E-state index contributed by atoms with van der Waals surface area (Å²) in [4.78, 5) is 9.11. The number of ether oxygens (including phenoxy) is 1. The van der Waals surface area contributed by atoms with Crippen LogP contribution in [0.1, 0.15) is 31.2 Å². The van der Waals surface area contributed by atoms with Gasteiger partial charge in [-0.3, -0.25) is 9.89 Å². The molecule has 0 aromatic heterocycles. The molecule has 1 heterocycles. The Morgan fingerprint density at radius 1 is 1.21 bits per heavy atom. The number of piperidine rings is 1. The van der Waals surface area contributed by atoms with Crippen LogP contribution >= 0.6 is 11.6 Å². The minimum Gasteiger partial charge on any atom is -0.379 e. The van der Waals surface area contributed by atoms with Crippen LogP contribution in [0.5, 0.6) is 0 Å². The van der Waals surface area contributed by atoms with Crippen molar-refractivity contribution in [2.45, 2.75) is 32.2 Å². The minimum atomic E-state index is 0.693. The molecule has 0 spiro atoms. The molecule has 2 fully saturated rings. The average Bonchev–Trinajstić information content (AvgIpc) is 3.53. The van der Waals surface area contributed by atoms with E-state index in [4.69, 9.17) is 16.3 Å². The van der Waals surface area contributed by atoms with Crippen molar-refractivity contribution in [2.24, 2.45) is 16.8 Å². The topological polar surface area (TPSA) is 40.1 Å². The summed E-state index contributed by atoms with van der Waals surface area (Å²) in [5.74, 6) is 2.49. The van der Waals surface area contributed by atoms with Gasteiger partial charge in [-0.25, -0.2) is 0 Å². The van der Waals surface area contributed by atoms with Crippen molar-refractivity contribution in [3.05, 3.63) is 34.9 Å². The highest BCUT2D eigenvalue weighted by atomic mass is 35.5. The Bertz CT molecular complexity index is 627. The smallest absolute Gasteiger partial charge is 0.193 e. The maximum absolute atomic E-state index is 6.30. The van der Waals surface area contributed by atoms with Gasteiger partial charge in [0.2, 0.25) is 0 Å². The third-order valence-corrected chi connectivity index (χ3v) is 6.17. The second-order valence-electron chi connectivity index (χ2n) is 8.18. The molecule has 0 amide bonds. The maximum Gasteiger partial charge on any atom is 0.193 e. The van der Waals surface area contributed by atoms with E-state index in [9.17, 15) is 0 Å². The molecule has 1 aliphatic carbocycles. The first-order valence-corrected chi connectivity index (χ1v) is 11.0. The molecule has 1 aromatic rings. The number of halogens is 1. The van der Waals surface area contributed by atoms with Crippen molar-refractivity contribution in [1.29, 1.82) is 0 Å². The second kappa shape index (κ2) is 11.0. The van der Waals surface area contributed by atoms with Crippen LogP contribution in [0.2, 0.25) is 5.02 Å². The zero-order valence-corrected chi connectivity index (χ0v) is 18.1. The molecule has 0 radical (unpaired) electrons. The number of hydrogen-bond acceptors (Lipinski definition) is 3. The summed E-state index contributed by atoms with van der Waals surface area (Å²) in [5.41, 5.74) is 1.23. The Labute approximate surface area is 175 Å². The molecule has 1 saturated heterocycles. The Morgan fingerprint density at radius 2 is 1.96 bits per heavy atom. The number of likely N-dealkylation sites (tertiary alicyclic amines) is 1. The Hall–Kier alpha value is -1.30. The first-order chi connectivity index (χ1) is 13.7. The highest BCUT2D eigenvalue weighted by Crippen LogP contribution is 2.28. The molecule has 3 rings (SSSR count). The zero-order chi connectivity index (χ0) is 19.8. The maximum atomic E-state index is 6.30. The third kappa shape index (κ3) is 6.94. The van der Waals surface area contributed by atoms with Crippen LogP contribution in [0.4, 0.5) is 0 Å². The van der Waals surface area contributed by atoms with Crippen LogP contribution in [0, 0.1) is 11.8 Å². The molecular weight excluding hydrogens is 372 g/mol. The van der Waals surface area contributed by atoms with Crippen molar-refractivity contribution in [3.63, 3.8) is 0 Å². The van der Waals surface area contributed by atoms with Crippen molar-refractivity contribution in [1.82, 2.24) is 15.1 Å². The predicted molar refractivity (Wildman–Crippen MR) is 117 cm³/mol. The number of likely N-dealkylation sites (N-methyl/N-ethyl adjacent to an activating group) is 1. The Kier molecular flexibility index (Phi) is 8.44. The minimum absolute atomic E-state index is 0.693. The lowest BCUT2D eigenvalue weighted by molar-refractivity contribution is 0.115. The number of rotatable bonds is 9. The zero-order valence-electron chi connectivity index (χ0n) is 17.4. The quantitative estimate of drug-likeness (QED) is 0.387. The highest BCUT2D eigenvalue weighted by Gasteiger charge is 2.22. The summed E-state index contributed by atoms with van der Waals surface area (Å²) >= 11 is 6.30. The van der Waals surface area contributed by atoms with Gasteiger partial charge in [0.15, 0.2) is 5.96 Å². The summed E-state index contributed by atoms with van der Waals surface area (Å²) in [5, 5.41) is 4.43.